The van der Waals surface area contributed by atoms with Crippen LogP contribution in [-0.2, 0) is 20.8 Å². The zero-order chi connectivity index (χ0) is 27.7. The first kappa shape index (κ1) is 28.0. The van der Waals surface area contributed by atoms with E-state index in [1.807, 2.05) is 37.3 Å². The van der Waals surface area contributed by atoms with Gasteiger partial charge in [0.1, 0.15) is 11.8 Å². The van der Waals surface area contributed by atoms with Crippen molar-refractivity contribution in [2.24, 2.45) is 11.8 Å². The Morgan fingerprint density at radius 3 is 2.54 bits per heavy atom. The highest BCUT2D eigenvalue weighted by Crippen LogP contribution is 2.68. The summed E-state index contributed by atoms with van der Waals surface area (Å²) in [6.45, 7) is 2.22. The smallest absolute Gasteiger partial charge is 0.248 e. The van der Waals surface area contributed by atoms with Gasteiger partial charge in [0.15, 0.2) is 0 Å². The van der Waals surface area contributed by atoms with Crippen molar-refractivity contribution >= 4 is 51.1 Å². The molecule has 2 aromatic carbocycles. The molecule has 0 saturated carbocycles. The summed E-state index contributed by atoms with van der Waals surface area (Å²) in [5.41, 5.74) is 1.54. The third-order valence-electron chi connectivity index (χ3n) is 8.10. The molecule has 3 amide bonds. The second kappa shape index (κ2) is 11.5. The number of methoxy groups -OCH3 is 1. The van der Waals surface area contributed by atoms with Crippen LogP contribution in [0.3, 0.4) is 0 Å². The predicted molar refractivity (Wildman–Crippen MR) is 155 cm³/mol. The lowest BCUT2D eigenvalue weighted by atomic mass is 9.70. The maximum absolute atomic E-state index is 14.3. The molecule has 3 saturated heterocycles. The quantitative estimate of drug-likeness (QED) is 0.354. The summed E-state index contributed by atoms with van der Waals surface area (Å²) >= 11 is 5.37. The lowest BCUT2D eigenvalue weighted by Crippen LogP contribution is -2.55. The van der Waals surface area contributed by atoms with Gasteiger partial charge in [-0.3, -0.25) is 14.4 Å². The predicted octanol–water partition coefficient (Wildman–Crippen LogP) is 3.23. The fraction of sp³-hybridized carbons (Fsp3) is 0.483. The molecule has 5 rings (SSSR count). The summed E-state index contributed by atoms with van der Waals surface area (Å²) in [5, 5.41) is 16.4. The van der Waals surface area contributed by atoms with Crippen LogP contribution in [0.5, 0.6) is 5.75 Å². The summed E-state index contributed by atoms with van der Waals surface area (Å²) in [5.74, 6) is -1.21. The van der Waals surface area contributed by atoms with Gasteiger partial charge < -0.3 is 25.4 Å². The number of anilines is 1. The van der Waals surface area contributed by atoms with Crippen LogP contribution in [0.4, 0.5) is 5.69 Å². The van der Waals surface area contributed by atoms with Crippen LogP contribution in [0, 0.1) is 11.8 Å². The zero-order valence-electron chi connectivity index (χ0n) is 22.0. The van der Waals surface area contributed by atoms with Crippen LogP contribution in [-0.4, -0.2) is 74.9 Å². The second-order valence-corrected chi connectivity index (χ2v) is 13.2. The molecule has 39 heavy (non-hydrogen) atoms. The van der Waals surface area contributed by atoms with E-state index in [9.17, 15) is 19.5 Å². The number of amides is 3. The van der Waals surface area contributed by atoms with Crippen LogP contribution in [0.2, 0.25) is 0 Å². The van der Waals surface area contributed by atoms with Crippen molar-refractivity contribution in [3.8, 4) is 5.75 Å². The summed E-state index contributed by atoms with van der Waals surface area (Å²) < 4.78 is 4.45. The molecule has 3 N–H and O–H groups in total. The van der Waals surface area contributed by atoms with Crippen LogP contribution < -0.4 is 15.4 Å². The number of hydrogen-bond acceptors (Lipinski definition) is 6. The monoisotopic (exact) mass is 615 g/mol. The number of fused-ring (bicyclic) bond motifs is 1. The molecule has 1 spiro atoms. The largest absolute Gasteiger partial charge is 0.497 e. The number of alkyl halides is 1. The van der Waals surface area contributed by atoms with Crippen LogP contribution >= 0.6 is 27.7 Å². The minimum atomic E-state index is -0.850. The molecule has 8 nitrogen and oxygen atoms in total. The summed E-state index contributed by atoms with van der Waals surface area (Å²) in [4.78, 5) is 43.4. The molecule has 7 atom stereocenters. The number of hydrogen-bond donors (Lipinski definition) is 3. The first-order chi connectivity index (χ1) is 18.8. The van der Waals surface area contributed by atoms with E-state index in [0.717, 1.165) is 12.0 Å². The Morgan fingerprint density at radius 1 is 1.18 bits per heavy atom. The molecule has 3 aliphatic heterocycles. The summed E-state index contributed by atoms with van der Waals surface area (Å²) in [6, 6.07) is 15.2. The number of carbonyl (C=O) groups is 3. The number of thioether (sulfide) groups is 1. The molecule has 2 bridgehead atoms. The number of rotatable bonds is 10. The molecule has 0 aromatic heterocycles. The Labute approximate surface area is 241 Å². The fourth-order valence-corrected chi connectivity index (χ4v) is 10.0. The van der Waals surface area contributed by atoms with Gasteiger partial charge in [-0.25, -0.2) is 0 Å². The van der Waals surface area contributed by atoms with Crippen molar-refractivity contribution < 1.29 is 24.2 Å². The third kappa shape index (κ3) is 4.95. The number of nitrogens with one attached hydrogen (secondary N) is 2. The number of ether oxygens (including phenoxy) is 1. The van der Waals surface area contributed by atoms with E-state index in [2.05, 4.69) is 26.6 Å². The number of carbonyl (C=O) groups excluding carboxylic acids is 3. The highest BCUT2D eigenvalue weighted by atomic mass is 79.9. The topological polar surface area (TPSA) is 108 Å². The number of benzene rings is 2. The molecule has 3 heterocycles. The Balaban J connectivity index is 1.53. The first-order valence-corrected chi connectivity index (χ1v) is 15.2. The van der Waals surface area contributed by atoms with Gasteiger partial charge in [-0.15, -0.1) is 11.8 Å². The molecule has 3 unspecified atom stereocenters. The molecule has 0 aliphatic carbocycles. The van der Waals surface area contributed by atoms with Gasteiger partial charge in [0.05, 0.1) is 36.3 Å². The average Bonchev–Trinajstić information content (AvgIpc) is 3.54. The molecular formula is C29H34BrN3O5S. The average molecular weight is 617 g/mol. The van der Waals surface area contributed by atoms with Gasteiger partial charge in [-0.2, -0.15) is 0 Å². The van der Waals surface area contributed by atoms with Gasteiger partial charge in [0, 0.05) is 22.3 Å². The number of aliphatic hydroxyl groups is 1. The lowest BCUT2D eigenvalue weighted by molar-refractivity contribution is -0.142. The van der Waals surface area contributed by atoms with E-state index in [-0.39, 0.29) is 34.4 Å². The highest BCUT2D eigenvalue weighted by Gasteiger charge is 2.76. The lowest BCUT2D eigenvalue weighted by Gasteiger charge is -2.37. The van der Waals surface area contributed by atoms with Crippen molar-refractivity contribution in [2.75, 3.05) is 25.6 Å². The number of likely N-dealkylation sites (tertiary alicyclic amines) is 1. The SMILES string of the molecule is CCCNC(=O)[C@H]1[C@H]2C(=O)N([C@@H](CO)Cc3ccccc3)C(C(=O)Nc3ccc(OC)cc3)C23CC(Br)[C@@H]1S3. The standard InChI is InChI=1S/C29H34BrN3O5S/c1-3-13-31-26(35)22-23-28(37)33(19(16-34)14-17-7-5-4-6-8-17)25(29(23)15-21(30)24(22)39-29)27(36)32-18-9-11-20(38-2)12-10-18/h4-12,19,21-25,34H,3,13-16H2,1-2H3,(H,31,35)(H,32,36)/t19-,21?,22+,23+,24+,25?,29?/m1/s1. The Bertz CT molecular complexity index is 1220. The Kier molecular flexibility index (Phi) is 8.26. The van der Waals surface area contributed by atoms with E-state index in [0.29, 0.717) is 30.8 Å². The van der Waals surface area contributed by atoms with Crippen molar-refractivity contribution in [2.45, 2.75) is 53.1 Å². The van der Waals surface area contributed by atoms with Gasteiger partial charge in [-0.05, 0) is 49.1 Å². The number of nitrogens with zero attached hydrogens (tertiary/aromatic N) is 1. The van der Waals surface area contributed by atoms with E-state index in [4.69, 9.17) is 4.74 Å². The third-order valence-corrected chi connectivity index (χ3v) is 11.3. The van der Waals surface area contributed by atoms with Gasteiger partial charge in [0.25, 0.3) is 0 Å². The Hall–Kier alpha value is -2.56. The molecule has 3 fully saturated rings. The van der Waals surface area contributed by atoms with Crippen LogP contribution in [0.1, 0.15) is 25.3 Å². The fourth-order valence-electron chi connectivity index (χ4n) is 6.45. The van der Waals surface area contributed by atoms with Crippen LogP contribution in [0.25, 0.3) is 0 Å². The minimum Gasteiger partial charge on any atom is -0.497 e. The van der Waals surface area contributed by atoms with E-state index in [1.165, 1.54) is 0 Å². The molecular weight excluding hydrogens is 582 g/mol. The van der Waals surface area contributed by atoms with Crippen LogP contribution in [0.15, 0.2) is 54.6 Å². The molecule has 208 valence electrons. The normalized spacial score (nSPS) is 29.7. The summed E-state index contributed by atoms with van der Waals surface area (Å²) in [7, 11) is 1.58. The minimum absolute atomic E-state index is 0.0122. The molecule has 10 heteroatoms. The molecule has 2 aromatic rings. The van der Waals surface area contributed by atoms with Crippen molar-refractivity contribution in [3.05, 3.63) is 60.2 Å². The van der Waals surface area contributed by atoms with E-state index in [1.54, 1.807) is 48.0 Å². The second-order valence-electron chi connectivity index (χ2n) is 10.4. The number of aliphatic hydroxyl groups excluding tert-OH is 1. The number of halogens is 1. The maximum Gasteiger partial charge on any atom is 0.248 e. The van der Waals surface area contributed by atoms with E-state index >= 15 is 0 Å². The van der Waals surface area contributed by atoms with Gasteiger partial charge >= 0.3 is 0 Å². The molecule has 3 aliphatic rings. The maximum atomic E-state index is 14.3. The van der Waals surface area contributed by atoms with Gasteiger partial charge in [-0.1, -0.05) is 53.2 Å². The van der Waals surface area contributed by atoms with Crippen molar-refractivity contribution in [3.63, 3.8) is 0 Å². The van der Waals surface area contributed by atoms with Crippen molar-refractivity contribution in [1.29, 1.82) is 0 Å². The van der Waals surface area contributed by atoms with Crippen molar-refractivity contribution in [1.82, 2.24) is 10.2 Å². The van der Waals surface area contributed by atoms with E-state index < -0.39 is 28.7 Å². The first-order valence-electron chi connectivity index (χ1n) is 13.4. The summed E-state index contributed by atoms with van der Waals surface area (Å²) in [6.07, 6.45) is 1.77. The zero-order valence-corrected chi connectivity index (χ0v) is 24.4. The van der Waals surface area contributed by atoms with Gasteiger partial charge in [0.2, 0.25) is 17.7 Å². The molecule has 0 radical (unpaired) electrons. The Morgan fingerprint density at radius 2 is 1.90 bits per heavy atom. The highest BCUT2D eigenvalue weighted by molar-refractivity contribution is 9.09.